The van der Waals surface area contributed by atoms with Crippen LogP contribution in [0.5, 0.6) is 11.5 Å². The van der Waals surface area contributed by atoms with Gasteiger partial charge >= 0.3 is 0 Å². The van der Waals surface area contributed by atoms with Crippen LogP contribution in [-0.4, -0.2) is 31.0 Å². The van der Waals surface area contributed by atoms with Crippen LogP contribution in [0.4, 0.5) is 0 Å². The van der Waals surface area contributed by atoms with Gasteiger partial charge in [-0.15, -0.1) is 11.6 Å². The number of hydrogen-bond donors (Lipinski definition) is 1. The summed E-state index contributed by atoms with van der Waals surface area (Å²) in [7, 11) is 0. The molecule has 0 aromatic heterocycles. The number of carbonyl (C=O) groups excluding carboxylic acids is 1. The van der Waals surface area contributed by atoms with Crippen LogP contribution in [0.2, 0.25) is 0 Å². The predicted molar refractivity (Wildman–Crippen MR) is 65.1 cm³/mol. The van der Waals surface area contributed by atoms with E-state index in [0.29, 0.717) is 36.2 Å². The van der Waals surface area contributed by atoms with Crippen LogP contribution < -0.4 is 14.8 Å². The molecule has 5 heteroatoms. The second kappa shape index (κ2) is 5.27. The van der Waals surface area contributed by atoms with E-state index in [-0.39, 0.29) is 11.9 Å². The highest BCUT2D eigenvalue weighted by atomic mass is 35.5. The van der Waals surface area contributed by atoms with E-state index in [4.69, 9.17) is 21.1 Å². The van der Waals surface area contributed by atoms with Crippen LogP contribution in [0.15, 0.2) is 18.2 Å². The monoisotopic (exact) mass is 255 g/mol. The summed E-state index contributed by atoms with van der Waals surface area (Å²) in [6.07, 6.45) is 0. The van der Waals surface area contributed by atoms with Gasteiger partial charge < -0.3 is 14.8 Å². The third kappa shape index (κ3) is 2.64. The van der Waals surface area contributed by atoms with Crippen LogP contribution in [-0.2, 0) is 0 Å². The zero-order valence-corrected chi connectivity index (χ0v) is 10.3. The van der Waals surface area contributed by atoms with Crippen molar-refractivity contribution in [3.8, 4) is 11.5 Å². The summed E-state index contributed by atoms with van der Waals surface area (Å²) in [5.74, 6) is 1.30. The van der Waals surface area contributed by atoms with E-state index in [9.17, 15) is 4.79 Å². The van der Waals surface area contributed by atoms with Gasteiger partial charge in [0.25, 0.3) is 5.91 Å². The molecule has 1 aliphatic heterocycles. The molecule has 92 valence electrons. The lowest BCUT2D eigenvalue weighted by Crippen LogP contribution is -2.34. The van der Waals surface area contributed by atoms with Gasteiger partial charge in [-0.2, -0.15) is 0 Å². The van der Waals surface area contributed by atoms with Crippen molar-refractivity contribution in [2.45, 2.75) is 13.0 Å². The summed E-state index contributed by atoms with van der Waals surface area (Å²) < 4.78 is 10.9. The SMILES string of the molecule is CC(CCl)NC(=O)c1cccc2c1OCCO2. The van der Waals surface area contributed by atoms with Crippen molar-refractivity contribution in [2.24, 2.45) is 0 Å². The van der Waals surface area contributed by atoms with Crippen molar-refractivity contribution < 1.29 is 14.3 Å². The molecular weight excluding hydrogens is 242 g/mol. The first kappa shape index (κ1) is 12.0. The minimum atomic E-state index is -0.194. The third-order valence-corrected chi connectivity index (χ3v) is 2.88. The number of ether oxygens (including phenoxy) is 2. The molecule has 1 aromatic rings. The Hall–Kier alpha value is -1.42. The topological polar surface area (TPSA) is 47.6 Å². The zero-order chi connectivity index (χ0) is 12.3. The number of halogens is 1. The lowest BCUT2D eigenvalue weighted by molar-refractivity contribution is 0.0932. The summed E-state index contributed by atoms with van der Waals surface area (Å²) in [6.45, 7) is 2.82. The summed E-state index contributed by atoms with van der Waals surface area (Å²) in [5, 5.41) is 2.79. The number of rotatable bonds is 3. The molecule has 1 atom stereocenters. The second-order valence-electron chi connectivity index (χ2n) is 3.86. The number of alkyl halides is 1. The summed E-state index contributed by atoms with van der Waals surface area (Å²) in [6, 6.07) is 5.19. The van der Waals surface area contributed by atoms with Crippen LogP contribution >= 0.6 is 11.6 Å². The molecule has 0 aliphatic carbocycles. The average Bonchev–Trinajstić information content (AvgIpc) is 2.37. The van der Waals surface area contributed by atoms with Crippen LogP contribution in [0.1, 0.15) is 17.3 Å². The van der Waals surface area contributed by atoms with Crippen molar-refractivity contribution in [1.29, 1.82) is 0 Å². The molecule has 4 nitrogen and oxygen atoms in total. The Morgan fingerprint density at radius 2 is 2.24 bits per heavy atom. The molecule has 0 spiro atoms. The van der Waals surface area contributed by atoms with E-state index < -0.39 is 0 Å². The van der Waals surface area contributed by atoms with Crippen molar-refractivity contribution in [3.63, 3.8) is 0 Å². The van der Waals surface area contributed by atoms with Crippen LogP contribution in [0.3, 0.4) is 0 Å². The molecule has 1 N–H and O–H groups in total. The fraction of sp³-hybridized carbons (Fsp3) is 0.417. The maximum Gasteiger partial charge on any atom is 0.255 e. The first-order valence-electron chi connectivity index (χ1n) is 5.48. The third-order valence-electron chi connectivity index (χ3n) is 2.42. The maximum atomic E-state index is 12.0. The molecule has 2 rings (SSSR count). The first-order valence-corrected chi connectivity index (χ1v) is 6.01. The normalized spacial score (nSPS) is 15.2. The Morgan fingerprint density at radius 1 is 1.47 bits per heavy atom. The highest BCUT2D eigenvalue weighted by Crippen LogP contribution is 2.33. The Labute approximate surface area is 105 Å². The Morgan fingerprint density at radius 3 is 3.00 bits per heavy atom. The summed E-state index contributed by atoms with van der Waals surface area (Å²) in [4.78, 5) is 12.0. The van der Waals surface area contributed by atoms with Gasteiger partial charge in [-0.05, 0) is 19.1 Å². The Balaban J connectivity index is 2.23. The lowest BCUT2D eigenvalue weighted by Gasteiger charge is -2.21. The molecule has 1 heterocycles. The van der Waals surface area contributed by atoms with Gasteiger partial charge in [-0.25, -0.2) is 0 Å². The van der Waals surface area contributed by atoms with Crippen molar-refractivity contribution in [3.05, 3.63) is 23.8 Å². The van der Waals surface area contributed by atoms with Crippen LogP contribution in [0.25, 0.3) is 0 Å². The number of para-hydroxylation sites is 1. The van der Waals surface area contributed by atoms with Crippen LogP contribution in [0, 0.1) is 0 Å². The van der Waals surface area contributed by atoms with Crippen molar-refractivity contribution in [2.75, 3.05) is 19.1 Å². The smallest absolute Gasteiger partial charge is 0.255 e. The maximum absolute atomic E-state index is 12.0. The molecule has 1 aliphatic rings. The summed E-state index contributed by atoms with van der Waals surface area (Å²) >= 11 is 5.66. The van der Waals surface area contributed by atoms with Crippen molar-refractivity contribution in [1.82, 2.24) is 5.32 Å². The average molecular weight is 256 g/mol. The highest BCUT2D eigenvalue weighted by Gasteiger charge is 2.20. The number of fused-ring (bicyclic) bond motifs is 1. The van der Waals surface area contributed by atoms with Gasteiger partial charge in [-0.3, -0.25) is 4.79 Å². The minimum absolute atomic E-state index is 0.0791. The Kier molecular flexibility index (Phi) is 3.74. The minimum Gasteiger partial charge on any atom is -0.486 e. The van der Waals surface area contributed by atoms with E-state index in [1.807, 2.05) is 6.92 Å². The second-order valence-corrected chi connectivity index (χ2v) is 4.17. The fourth-order valence-corrected chi connectivity index (χ4v) is 1.67. The molecule has 0 saturated heterocycles. The van der Waals surface area contributed by atoms with Gasteiger partial charge in [0.05, 0.1) is 5.56 Å². The largest absolute Gasteiger partial charge is 0.486 e. The van der Waals surface area contributed by atoms with E-state index in [2.05, 4.69) is 5.32 Å². The first-order chi connectivity index (χ1) is 8.22. The quantitative estimate of drug-likeness (QED) is 0.838. The van der Waals surface area contributed by atoms with Gasteiger partial charge in [-0.1, -0.05) is 6.07 Å². The van der Waals surface area contributed by atoms with E-state index in [0.717, 1.165) is 0 Å². The van der Waals surface area contributed by atoms with Gasteiger partial charge in [0, 0.05) is 11.9 Å². The van der Waals surface area contributed by atoms with Gasteiger partial charge in [0.1, 0.15) is 13.2 Å². The number of benzene rings is 1. The number of hydrogen-bond acceptors (Lipinski definition) is 3. The Bertz CT molecular complexity index is 422. The molecule has 0 fully saturated rings. The predicted octanol–water partition coefficient (Wildman–Crippen LogP) is 1.81. The van der Waals surface area contributed by atoms with Gasteiger partial charge in [0.15, 0.2) is 11.5 Å². The van der Waals surface area contributed by atoms with E-state index >= 15 is 0 Å². The van der Waals surface area contributed by atoms with E-state index in [1.54, 1.807) is 18.2 Å². The highest BCUT2D eigenvalue weighted by molar-refractivity contribution is 6.18. The van der Waals surface area contributed by atoms with Gasteiger partial charge in [0.2, 0.25) is 0 Å². The number of amides is 1. The molecule has 1 unspecified atom stereocenters. The molecule has 17 heavy (non-hydrogen) atoms. The molecule has 0 bridgehead atoms. The molecule has 0 saturated carbocycles. The van der Waals surface area contributed by atoms with Crippen molar-refractivity contribution >= 4 is 17.5 Å². The standard InChI is InChI=1S/C12H14ClNO3/c1-8(7-13)14-12(15)9-3-2-4-10-11(9)17-6-5-16-10/h2-4,8H,5-7H2,1H3,(H,14,15). The summed E-state index contributed by atoms with van der Waals surface area (Å²) in [5.41, 5.74) is 0.485. The number of nitrogens with one attached hydrogen (secondary N) is 1. The van der Waals surface area contributed by atoms with E-state index in [1.165, 1.54) is 0 Å². The molecule has 1 amide bonds. The lowest BCUT2D eigenvalue weighted by atomic mass is 10.1. The molecular formula is C12H14ClNO3. The molecule has 0 radical (unpaired) electrons. The fourth-order valence-electron chi connectivity index (χ4n) is 1.59. The number of carbonyl (C=O) groups is 1. The molecule has 1 aromatic carbocycles. The zero-order valence-electron chi connectivity index (χ0n) is 9.53.